The number of ketones is 1. The summed E-state index contributed by atoms with van der Waals surface area (Å²) in [5.41, 5.74) is 0.681. The van der Waals surface area contributed by atoms with Crippen LogP contribution in [0, 0.1) is 0 Å². The maximum atomic E-state index is 13.6. The van der Waals surface area contributed by atoms with E-state index in [0.29, 0.717) is 31.7 Å². The molecule has 9 nitrogen and oxygen atoms in total. The number of amides is 1. The standard InChI is InChI=1S/C26H30BrN3O6S/c1-28(2)37(34,35)21-9-7-18(8-10-21)24(31)22-23(19-5-3-6-20(27)17-19)30(26(33)25(22)32)12-4-11-29-13-15-36-16-14-29/h3,5-10,17,23,31H,4,11-16H2,1-2H3/b24-22+. The van der Waals surface area contributed by atoms with Gasteiger partial charge in [0.05, 0.1) is 30.7 Å². The highest BCUT2D eigenvalue weighted by Gasteiger charge is 2.44. The molecule has 1 amide bonds. The molecule has 37 heavy (non-hydrogen) atoms. The predicted octanol–water partition coefficient (Wildman–Crippen LogP) is 0.229. The van der Waals surface area contributed by atoms with Crippen LogP contribution in [-0.2, 0) is 24.3 Å². The normalized spacial score (nSPS) is 20.6. The fraction of sp³-hybridized carbons (Fsp3) is 0.385. The fourth-order valence-electron chi connectivity index (χ4n) is 4.68. The van der Waals surface area contributed by atoms with Gasteiger partial charge in [0.25, 0.3) is 5.91 Å². The minimum absolute atomic E-state index is 0.0312. The van der Waals surface area contributed by atoms with Crippen molar-refractivity contribution >= 4 is 43.4 Å². The zero-order valence-electron chi connectivity index (χ0n) is 20.8. The molecule has 2 aromatic carbocycles. The van der Waals surface area contributed by atoms with Gasteiger partial charge < -0.3 is 19.6 Å². The molecule has 4 rings (SSSR count). The summed E-state index contributed by atoms with van der Waals surface area (Å²) in [6, 6.07) is 11.8. The van der Waals surface area contributed by atoms with Gasteiger partial charge in [0, 0.05) is 37.1 Å². The summed E-state index contributed by atoms with van der Waals surface area (Å²) in [6.45, 7) is 4.38. The fourth-order valence-corrected chi connectivity index (χ4v) is 6.00. The number of morpholine rings is 1. The quantitative estimate of drug-likeness (QED) is 0.267. The topological polar surface area (TPSA) is 111 Å². The van der Waals surface area contributed by atoms with Crippen molar-refractivity contribution in [1.29, 1.82) is 0 Å². The van der Waals surface area contributed by atoms with Crippen LogP contribution in [0.2, 0.25) is 0 Å². The first kappa shape index (κ1) is 27.5. The lowest BCUT2D eigenvalue weighted by Gasteiger charge is -2.29. The maximum Gasteiger partial charge on any atom is 0.295 e. The third-order valence-electron chi connectivity index (χ3n) is 6.72. The monoisotopic (exact) mass is 591 g/mol. The molecule has 0 spiro atoms. The molecule has 0 radical (unpaired) electrons. The van der Waals surface area contributed by atoms with Crippen LogP contribution >= 0.6 is 15.9 Å². The Morgan fingerprint density at radius 2 is 1.81 bits per heavy atom. The number of rotatable bonds is 8. The van der Waals surface area contributed by atoms with Crippen LogP contribution in [0.25, 0.3) is 5.76 Å². The lowest BCUT2D eigenvalue weighted by molar-refractivity contribution is -0.908. The number of carbonyl (C=O) groups is 2. The molecule has 1 atom stereocenters. The molecule has 0 aliphatic carbocycles. The van der Waals surface area contributed by atoms with E-state index in [4.69, 9.17) is 4.74 Å². The molecule has 2 aromatic rings. The Morgan fingerprint density at radius 3 is 2.43 bits per heavy atom. The summed E-state index contributed by atoms with van der Waals surface area (Å²) in [5, 5.41) is 13.6. The number of likely N-dealkylation sites (tertiary alicyclic amines) is 1. The molecule has 2 aliphatic rings. The van der Waals surface area contributed by atoms with Crippen LogP contribution in [0.3, 0.4) is 0 Å². The number of sulfonamides is 1. The second kappa shape index (κ2) is 11.4. The summed E-state index contributed by atoms with van der Waals surface area (Å²) < 4.78 is 32.1. The van der Waals surface area contributed by atoms with Crippen molar-refractivity contribution in [3.63, 3.8) is 0 Å². The first-order valence-corrected chi connectivity index (χ1v) is 14.3. The van der Waals surface area contributed by atoms with Gasteiger partial charge in [-0.25, -0.2) is 12.7 Å². The van der Waals surface area contributed by atoms with Gasteiger partial charge in [0.15, 0.2) is 0 Å². The molecule has 1 N–H and O–H groups in total. The third kappa shape index (κ3) is 5.80. The molecule has 2 fully saturated rings. The highest BCUT2D eigenvalue weighted by molar-refractivity contribution is 9.10. The summed E-state index contributed by atoms with van der Waals surface area (Å²) in [7, 11) is -0.831. The lowest BCUT2D eigenvalue weighted by atomic mass is 9.95. The second-order valence-electron chi connectivity index (χ2n) is 9.31. The van der Waals surface area contributed by atoms with Crippen molar-refractivity contribution < 1.29 is 32.8 Å². The molecule has 11 heteroatoms. The number of Topliss-reactive ketones (excluding diaryl/α,β-unsaturated/α-hetero) is 1. The van der Waals surface area contributed by atoms with Gasteiger partial charge in [-0.05, 0) is 35.4 Å². The summed E-state index contributed by atoms with van der Waals surface area (Å²) in [6.07, 6.45) is 0.678. The van der Waals surface area contributed by atoms with E-state index in [1.165, 1.54) is 48.2 Å². The number of nitrogens with one attached hydrogen (secondary N) is 1. The van der Waals surface area contributed by atoms with Crippen molar-refractivity contribution in [3.05, 3.63) is 69.7 Å². The highest BCUT2D eigenvalue weighted by atomic mass is 79.9. The van der Waals surface area contributed by atoms with E-state index in [-0.39, 0.29) is 16.0 Å². The van der Waals surface area contributed by atoms with Gasteiger partial charge in [-0.2, -0.15) is 0 Å². The first-order chi connectivity index (χ1) is 17.6. The summed E-state index contributed by atoms with van der Waals surface area (Å²) in [4.78, 5) is 29.2. The molecule has 2 aliphatic heterocycles. The van der Waals surface area contributed by atoms with Crippen LogP contribution in [0.4, 0.5) is 0 Å². The number of hydrogen-bond donors (Lipinski definition) is 1. The zero-order valence-corrected chi connectivity index (χ0v) is 23.2. The lowest BCUT2D eigenvalue weighted by Crippen LogP contribution is -3.14. The Kier molecular flexibility index (Phi) is 8.49. The van der Waals surface area contributed by atoms with Crippen LogP contribution in [0.15, 0.2) is 63.5 Å². The van der Waals surface area contributed by atoms with Crippen molar-refractivity contribution in [2.45, 2.75) is 17.4 Å². The first-order valence-electron chi connectivity index (χ1n) is 12.1. The van der Waals surface area contributed by atoms with Gasteiger partial charge in [0.2, 0.25) is 15.8 Å². The molecular formula is C26H30BrN3O6S. The largest absolute Gasteiger partial charge is 0.872 e. The second-order valence-corrected chi connectivity index (χ2v) is 12.4. The van der Waals surface area contributed by atoms with E-state index in [1.54, 1.807) is 18.2 Å². The van der Waals surface area contributed by atoms with Crippen LogP contribution in [0.5, 0.6) is 0 Å². The van der Waals surface area contributed by atoms with E-state index in [0.717, 1.165) is 28.4 Å². The molecule has 2 saturated heterocycles. The summed E-state index contributed by atoms with van der Waals surface area (Å²) in [5.74, 6) is -2.10. The molecule has 0 saturated carbocycles. The molecular weight excluding hydrogens is 562 g/mol. The number of benzene rings is 2. The molecule has 2 heterocycles. The Bertz CT molecular complexity index is 1300. The van der Waals surface area contributed by atoms with Crippen LogP contribution in [-0.4, -0.2) is 82.8 Å². The Morgan fingerprint density at radius 1 is 1.14 bits per heavy atom. The Balaban J connectivity index is 1.68. The Labute approximate surface area is 225 Å². The molecule has 1 unspecified atom stereocenters. The number of carbonyl (C=O) groups excluding carboxylic acids is 2. The minimum atomic E-state index is -3.67. The average molecular weight is 593 g/mol. The Hall–Kier alpha value is -2.57. The van der Waals surface area contributed by atoms with E-state index in [9.17, 15) is 23.1 Å². The van der Waals surface area contributed by atoms with E-state index in [1.807, 2.05) is 6.07 Å². The SMILES string of the molecule is CN(C)S(=O)(=O)c1ccc(/C([O-])=C2\C(=O)C(=O)N(CCC[NH+]3CCOCC3)C2c2cccc(Br)c2)cc1. The average Bonchev–Trinajstić information content (AvgIpc) is 3.14. The third-order valence-corrected chi connectivity index (χ3v) is 9.04. The molecule has 0 aromatic heterocycles. The van der Waals surface area contributed by atoms with Gasteiger partial charge in [-0.15, -0.1) is 0 Å². The van der Waals surface area contributed by atoms with Crippen molar-refractivity contribution in [3.8, 4) is 0 Å². The van der Waals surface area contributed by atoms with Crippen molar-refractivity contribution in [2.24, 2.45) is 0 Å². The smallest absolute Gasteiger partial charge is 0.295 e. The van der Waals surface area contributed by atoms with Crippen LogP contribution < -0.4 is 10.0 Å². The number of hydrogen-bond acceptors (Lipinski definition) is 6. The van der Waals surface area contributed by atoms with Gasteiger partial charge in [-0.3, -0.25) is 9.59 Å². The van der Waals surface area contributed by atoms with E-state index >= 15 is 0 Å². The van der Waals surface area contributed by atoms with Crippen LogP contribution in [0.1, 0.15) is 23.6 Å². The number of quaternary nitrogens is 1. The highest BCUT2D eigenvalue weighted by Crippen LogP contribution is 2.39. The zero-order chi connectivity index (χ0) is 26.7. The summed E-state index contributed by atoms with van der Waals surface area (Å²) >= 11 is 3.45. The minimum Gasteiger partial charge on any atom is -0.872 e. The molecule has 0 bridgehead atoms. The van der Waals surface area contributed by atoms with Gasteiger partial charge >= 0.3 is 0 Å². The van der Waals surface area contributed by atoms with Gasteiger partial charge in [-0.1, -0.05) is 46.0 Å². The van der Waals surface area contributed by atoms with Gasteiger partial charge in [0.1, 0.15) is 13.1 Å². The van der Waals surface area contributed by atoms with E-state index in [2.05, 4.69) is 15.9 Å². The number of nitrogens with zero attached hydrogens (tertiary/aromatic N) is 2. The molecule has 198 valence electrons. The number of ether oxygens (including phenoxy) is 1. The van der Waals surface area contributed by atoms with Crippen molar-refractivity contribution in [1.82, 2.24) is 9.21 Å². The number of halogens is 1. The van der Waals surface area contributed by atoms with Crippen molar-refractivity contribution in [2.75, 3.05) is 53.5 Å². The maximum absolute atomic E-state index is 13.6. The predicted molar refractivity (Wildman–Crippen MR) is 139 cm³/mol. The van der Waals surface area contributed by atoms with E-state index < -0.39 is 33.5 Å².